The Morgan fingerprint density at radius 3 is 2.96 bits per heavy atom. The van der Waals surface area contributed by atoms with Crippen molar-refractivity contribution in [2.24, 2.45) is 0 Å². The number of rotatable bonds is 4. The first-order valence-electron chi connectivity index (χ1n) is 8.77. The Morgan fingerprint density at radius 1 is 1.20 bits per heavy atom. The lowest BCUT2D eigenvalue weighted by atomic mass is 10.1. The zero-order valence-corrected chi connectivity index (χ0v) is 14.1. The first kappa shape index (κ1) is 15.8. The minimum atomic E-state index is -0.170. The molecule has 132 valence electrons. The van der Waals surface area contributed by atoms with E-state index < -0.39 is 0 Å². The predicted molar refractivity (Wildman–Crippen MR) is 91.0 cm³/mol. The molecule has 1 atom stereocenters. The number of hydrogen-bond donors (Lipinski definition) is 2. The van der Waals surface area contributed by atoms with Crippen LogP contribution in [-0.2, 0) is 19.5 Å². The van der Waals surface area contributed by atoms with Crippen LogP contribution in [0.3, 0.4) is 0 Å². The maximum atomic E-state index is 12.2. The van der Waals surface area contributed by atoms with Crippen LogP contribution in [0.1, 0.15) is 30.9 Å². The SMILES string of the molecule is O=C(NCc1nnc2n1CCC2)NC1CCCN(c2ncccn2)C1. The summed E-state index contributed by atoms with van der Waals surface area (Å²) in [7, 11) is 0. The van der Waals surface area contributed by atoms with Gasteiger partial charge in [0, 0.05) is 44.5 Å². The third-order valence-electron chi connectivity index (χ3n) is 4.68. The Bertz CT molecular complexity index is 731. The zero-order valence-electron chi connectivity index (χ0n) is 14.1. The third kappa shape index (κ3) is 3.54. The van der Waals surface area contributed by atoms with E-state index in [9.17, 15) is 4.79 Å². The number of nitrogens with one attached hydrogen (secondary N) is 2. The molecule has 0 bridgehead atoms. The fourth-order valence-corrected chi connectivity index (χ4v) is 3.47. The van der Waals surface area contributed by atoms with E-state index >= 15 is 0 Å². The Kier molecular flexibility index (Phi) is 4.45. The van der Waals surface area contributed by atoms with Crippen molar-refractivity contribution in [3.63, 3.8) is 0 Å². The lowest BCUT2D eigenvalue weighted by Crippen LogP contribution is -2.50. The molecule has 0 spiro atoms. The van der Waals surface area contributed by atoms with Gasteiger partial charge in [-0.15, -0.1) is 10.2 Å². The molecule has 4 rings (SSSR count). The summed E-state index contributed by atoms with van der Waals surface area (Å²) in [5.41, 5.74) is 0. The van der Waals surface area contributed by atoms with E-state index in [2.05, 4.69) is 40.3 Å². The van der Waals surface area contributed by atoms with Crippen molar-refractivity contribution in [3.8, 4) is 0 Å². The summed E-state index contributed by atoms with van der Waals surface area (Å²) in [6.07, 6.45) is 7.51. The minimum absolute atomic E-state index is 0.0849. The number of carbonyl (C=O) groups is 1. The van der Waals surface area contributed by atoms with E-state index in [1.807, 2.05) is 0 Å². The first-order valence-corrected chi connectivity index (χ1v) is 8.77. The van der Waals surface area contributed by atoms with Crippen LogP contribution in [0, 0.1) is 0 Å². The van der Waals surface area contributed by atoms with Gasteiger partial charge in [-0.2, -0.15) is 0 Å². The highest BCUT2D eigenvalue weighted by Gasteiger charge is 2.23. The molecule has 2 N–H and O–H groups in total. The van der Waals surface area contributed by atoms with Crippen molar-refractivity contribution in [3.05, 3.63) is 30.1 Å². The fraction of sp³-hybridized carbons (Fsp3) is 0.562. The molecule has 2 aliphatic heterocycles. The van der Waals surface area contributed by atoms with Gasteiger partial charge >= 0.3 is 6.03 Å². The largest absolute Gasteiger partial charge is 0.339 e. The molecule has 1 unspecified atom stereocenters. The van der Waals surface area contributed by atoms with Gasteiger partial charge in [0.05, 0.1) is 6.54 Å². The monoisotopic (exact) mass is 342 g/mol. The number of amides is 2. The molecule has 1 saturated heterocycles. The zero-order chi connectivity index (χ0) is 17.1. The summed E-state index contributed by atoms with van der Waals surface area (Å²) in [5.74, 6) is 2.56. The lowest BCUT2D eigenvalue weighted by molar-refractivity contribution is 0.234. The summed E-state index contributed by atoms with van der Waals surface area (Å²) >= 11 is 0. The predicted octanol–water partition coefficient (Wildman–Crippen LogP) is 0.483. The lowest BCUT2D eigenvalue weighted by Gasteiger charge is -2.33. The molecule has 25 heavy (non-hydrogen) atoms. The molecule has 2 aromatic heterocycles. The van der Waals surface area contributed by atoms with Crippen molar-refractivity contribution >= 4 is 12.0 Å². The number of aryl methyl sites for hydroxylation is 1. The number of urea groups is 1. The topological polar surface area (TPSA) is 101 Å². The second kappa shape index (κ2) is 7.04. The van der Waals surface area contributed by atoms with Gasteiger partial charge in [0.25, 0.3) is 0 Å². The molecule has 0 radical (unpaired) electrons. The van der Waals surface area contributed by atoms with E-state index in [0.717, 1.165) is 57.0 Å². The summed E-state index contributed by atoms with van der Waals surface area (Å²) < 4.78 is 2.09. The van der Waals surface area contributed by atoms with Gasteiger partial charge in [0.15, 0.2) is 5.82 Å². The molecule has 1 fully saturated rings. The quantitative estimate of drug-likeness (QED) is 0.838. The van der Waals surface area contributed by atoms with E-state index in [0.29, 0.717) is 12.5 Å². The van der Waals surface area contributed by atoms with Crippen molar-refractivity contribution in [2.75, 3.05) is 18.0 Å². The standard InChI is InChI=1S/C16H22N8O/c25-16(19-10-14-22-21-13-5-2-9-24(13)14)20-12-4-1-8-23(11-12)15-17-6-3-7-18-15/h3,6-7,12H,1-2,4-5,8-11H2,(H2,19,20,25). The van der Waals surface area contributed by atoms with Crippen LogP contribution in [0.2, 0.25) is 0 Å². The summed E-state index contributed by atoms with van der Waals surface area (Å²) in [6, 6.07) is 1.72. The highest BCUT2D eigenvalue weighted by atomic mass is 16.2. The van der Waals surface area contributed by atoms with E-state index in [4.69, 9.17) is 0 Å². The number of carbonyl (C=O) groups excluding carboxylic acids is 1. The van der Waals surface area contributed by atoms with E-state index in [-0.39, 0.29) is 12.1 Å². The highest BCUT2D eigenvalue weighted by molar-refractivity contribution is 5.74. The van der Waals surface area contributed by atoms with Gasteiger partial charge in [0.2, 0.25) is 5.95 Å². The molecular formula is C16H22N8O. The average Bonchev–Trinajstić information content (AvgIpc) is 3.25. The van der Waals surface area contributed by atoms with Gasteiger partial charge in [-0.05, 0) is 25.3 Å². The molecule has 2 aromatic rings. The summed E-state index contributed by atoms with van der Waals surface area (Å²) in [4.78, 5) is 22.9. The number of aromatic nitrogens is 5. The van der Waals surface area contributed by atoms with Crippen LogP contribution in [0.4, 0.5) is 10.7 Å². The van der Waals surface area contributed by atoms with Crippen LogP contribution >= 0.6 is 0 Å². The van der Waals surface area contributed by atoms with Crippen molar-refractivity contribution in [2.45, 2.75) is 44.8 Å². The number of anilines is 1. The summed E-state index contributed by atoms with van der Waals surface area (Å²) in [6.45, 7) is 2.97. The Morgan fingerprint density at radius 2 is 2.08 bits per heavy atom. The normalized spacial score (nSPS) is 19.5. The molecule has 0 aliphatic carbocycles. The molecule has 9 nitrogen and oxygen atoms in total. The van der Waals surface area contributed by atoms with Gasteiger partial charge in [-0.1, -0.05) is 0 Å². The van der Waals surface area contributed by atoms with E-state index in [1.165, 1.54) is 0 Å². The van der Waals surface area contributed by atoms with Gasteiger partial charge in [-0.3, -0.25) is 0 Å². The molecule has 9 heteroatoms. The minimum Gasteiger partial charge on any atom is -0.339 e. The number of hydrogen-bond acceptors (Lipinski definition) is 6. The fourth-order valence-electron chi connectivity index (χ4n) is 3.47. The van der Waals surface area contributed by atoms with Crippen LogP contribution in [0.15, 0.2) is 18.5 Å². The van der Waals surface area contributed by atoms with Gasteiger partial charge in [-0.25, -0.2) is 14.8 Å². The molecule has 2 amide bonds. The number of fused-ring (bicyclic) bond motifs is 1. The summed E-state index contributed by atoms with van der Waals surface area (Å²) in [5, 5.41) is 14.2. The van der Waals surface area contributed by atoms with Gasteiger partial charge in [0.1, 0.15) is 5.82 Å². The Hall–Kier alpha value is -2.71. The van der Waals surface area contributed by atoms with E-state index in [1.54, 1.807) is 18.5 Å². The van der Waals surface area contributed by atoms with Crippen molar-refractivity contribution in [1.82, 2.24) is 35.4 Å². The highest BCUT2D eigenvalue weighted by Crippen LogP contribution is 2.15. The molecule has 0 aromatic carbocycles. The van der Waals surface area contributed by atoms with Crippen LogP contribution in [-0.4, -0.2) is 49.9 Å². The Balaban J connectivity index is 1.28. The second-order valence-corrected chi connectivity index (χ2v) is 6.45. The number of nitrogens with zero attached hydrogens (tertiary/aromatic N) is 6. The maximum Gasteiger partial charge on any atom is 0.315 e. The number of piperidine rings is 1. The molecule has 0 saturated carbocycles. The third-order valence-corrected chi connectivity index (χ3v) is 4.68. The molecule has 2 aliphatic rings. The van der Waals surface area contributed by atoms with Crippen LogP contribution in [0.25, 0.3) is 0 Å². The second-order valence-electron chi connectivity index (χ2n) is 6.45. The average molecular weight is 342 g/mol. The molecule has 4 heterocycles. The van der Waals surface area contributed by atoms with Crippen LogP contribution in [0.5, 0.6) is 0 Å². The Labute approximate surface area is 145 Å². The molecular weight excluding hydrogens is 320 g/mol. The van der Waals surface area contributed by atoms with Crippen LogP contribution < -0.4 is 15.5 Å². The maximum absolute atomic E-state index is 12.2. The van der Waals surface area contributed by atoms with Crippen molar-refractivity contribution in [1.29, 1.82) is 0 Å². The van der Waals surface area contributed by atoms with Gasteiger partial charge < -0.3 is 20.1 Å². The smallest absolute Gasteiger partial charge is 0.315 e. The van der Waals surface area contributed by atoms with Crippen molar-refractivity contribution < 1.29 is 4.79 Å². The first-order chi connectivity index (χ1) is 12.3.